The Kier molecular flexibility index (Phi) is 8.70. The summed E-state index contributed by atoms with van der Waals surface area (Å²) in [6, 6.07) is 0. The highest BCUT2D eigenvalue weighted by Gasteiger charge is 2.15. The van der Waals surface area contributed by atoms with Gasteiger partial charge >= 0.3 is 0 Å². The number of aliphatic hydroxyl groups excluding tert-OH is 1. The number of nitrogens with one attached hydrogen (secondary N) is 2. The summed E-state index contributed by atoms with van der Waals surface area (Å²) < 4.78 is 54.3. The minimum atomic E-state index is -3.45. The third-order valence-corrected chi connectivity index (χ3v) is 4.99. The van der Waals surface area contributed by atoms with Crippen molar-refractivity contribution in [1.29, 1.82) is 0 Å². The van der Waals surface area contributed by atoms with Crippen LogP contribution in [0.1, 0.15) is 20.3 Å². The highest BCUT2D eigenvalue weighted by molar-refractivity contribution is 7.89. The number of hydrogen-bond donors (Lipinski definition) is 3. The van der Waals surface area contributed by atoms with E-state index in [-0.39, 0.29) is 24.7 Å². The minimum absolute atomic E-state index is 0.00339. The molecule has 19 heavy (non-hydrogen) atoms. The lowest BCUT2D eigenvalue weighted by Crippen LogP contribution is -2.40. The SMILES string of the molecule is CCS(=O)(=O)NCCCOC(CO)NS(=O)(=O)CC. The van der Waals surface area contributed by atoms with Crippen LogP contribution >= 0.6 is 0 Å². The molecule has 3 N–H and O–H groups in total. The van der Waals surface area contributed by atoms with Crippen LogP contribution < -0.4 is 9.44 Å². The minimum Gasteiger partial charge on any atom is -0.392 e. The van der Waals surface area contributed by atoms with Crippen LogP contribution in [0.3, 0.4) is 0 Å². The van der Waals surface area contributed by atoms with Gasteiger partial charge in [-0.25, -0.2) is 21.6 Å². The van der Waals surface area contributed by atoms with E-state index in [4.69, 9.17) is 9.84 Å². The third-order valence-electron chi connectivity index (χ3n) is 2.20. The summed E-state index contributed by atoms with van der Waals surface area (Å²) in [5, 5.41) is 8.95. The van der Waals surface area contributed by atoms with Crippen molar-refractivity contribution < 1.29 is 26.7 Å². The van der Waals surface area contributed by atoms with Crippen molar-refractivity contribution in [2.24, 2.45) is 0 Å². The molecule has 0 saturated carbocycles. The molecule has 0 aromatic heterocycles. The van der Waals surface area contributed by atoms with Gasteiger partial charge in [0.05, 0.1) is 24.7 Å². The highest BCUT2D eigenvalue weighted by Crippen LogP contribution is 1.94. The van der Waals surface area contributed by atoms with Crippen LogP contribution in [0.25, 0.3) is 0 Å². The summed E-state index contributed by atoms with van der Waals surface area (Å²) >= 11 is 0. The van der Waals surface area contributed by atoms with Crippen molar-refractivity contribution in [3.63, 3.8) is 0 Å². The zero-order valence-corrected chi connectivity index (χ0v) is 12.8. The summed E-state index contributed by atoms with van der Waals surface area (Å²) in [7, 11) is -6.67. The van der Waals surface area contributed by atoms with Crippen LogP contribution in [-0.4, -0.2) is 59.4 Å². The van der Waals surface area contributed by atoms with Gasteiger partial charge in [0.25, 0.3) is 0 Å². The van der Waals surface area contributed by atoms with Crippen LogP contribution in [0.2, 0.25) is 0 Å². The quantitative estimate of drug-likeness (QED) is 0.318. The maximum atomic E-state index is 11.2. The highest BCUT2D eigenvalue weighted by atomic mass is 32.2. The second-order valence-corrected chi connectivity index (χ2v) is 7.85. The average molecular weight is 318 g/mol. The molecular formula is C9H22N2O6S2. The Hall–Kier alpha value is -0.260. The molecule has 10 heteroatoms. The van der Waals surface area contributed by atoms with Gasteiger partial charge in [-0.1, -0.05) is 0 Å². The molecule has 0 aromatic rings. The number of sulfonamides is 2. The van der Waals surface area contributed by atoms with Crippen LogP contribution in [0.4, 0.5) is 0 Å². The number of hydrogen-bond acceptors (Lipinski definition) is 6. The smallest absolute Gasteiger partial charge is 0.213 e. The van der Waals surface area contributed by atoms with Gasteiger partial charge in [0, 0.05) is 6.54 Å². The first-order chi connectivity index (χ1) is 8.76. The Balaban J connectivity index is 3.92. The predicted octanol–water partition coefficient (Wildman–Crippen LogP) is -1.41. The van der Waals surface area contributed by atoms with Gasteiger partial charge in [-0.2, -0.15) is 4.72 Å². The van der Waals surface area contributed by atoms with E-state index in [0.717, 1.165) is 0 Å². The molecule has 0 saturated heterocycles. The molecule has 0 aliphatic carbocycles. The summed E-state index contributed by atoms with van der Waals surface area (Å²) in [6.45, 7) is 2.84. The topological polar surface area (TPSA) is 122 Å². The molecule has 0 fully saturated rings. The standard InChI is InChI=1S/C9H22N2O6S2/c1-3-18(13,14)10-6-5-7-17-9(8-12)11-19(15,16)4-2/h9-12H,3-8H2,1-2H3. The molecule has 0 amide bonds. The van der Waals surface area contributed by atoms with E-state index in [2.05, 4.69) is 9.44 Å². The van der Waals surface area contributed by atoms with Crippen molar-refractivity contribution in [2.75, 3.05) is 31.3 Å². The summed E-state index contributed by atoms with van der Waals surface area (Å²) in [6.07, 6.45) is -0.628. The van der Waals surface area contributed by atoms with E-state index in [1.54, 1.807) is 0 Å². The molecule has 1 unspecified atom stereocenters. The summed E-state index contributed by atoms with van der Waals surface area (Å²) in [5.74, 6) is -0.105. The molecule has 0 aliphatic rings. The van der Waals surface area contributed by atoms with Gasteiger partial charge in [0.2, 0.25) is 20.0 Å². The van der Waals surface area contributed by atoms with Crippen molar-refractivity contribution in [3.8, 4) is 0 Å². The molecule has 0 heterocycles. The average Bonchev–Trinajstić information content (AvgIpc) is 2.36. The molecule has 0 radical (unpaired) electrons. The van der Waals surface area contributed by atoms with Crippen molar-refractivity contribution in [3.05, 3.63) is 0 Å². The Morgan fingerprint density at radius 2 is 1.68 bits per heavy atom. The Labute approximate surface area is 114 Å². The van der Waals surface area contributed by atoms with Crippen LogP contribution in [0.15, 0.2) is 0 Å². The second kappa shape index (κ2) is 8.82. The van der Waals surface area contributed by atoms with Crippen LogP contribution in [-0.2, 0) is 24.8 Å². The first-order valence-electron chi connectivity index (χ1n) is 5.96. The lowest BCUT2D eigenvalue weighted by atomic mass is 10.5. The van der Waals surface area contributed by atoms with E-state index in [1.165, 1.54) is 13.8 Å². The van der Waals surface area contributed by atoms with Gasteiger partial charge in [-0.3, -0.25) is 0 Å². The fraction of sp³-hybridized carbons (Fsp3) is 1.00. The number of aliphatic hydroxyl groups is 1. The van der Waals surface area contributed by atoms with Crippen LogP contribution in [0.5, 0.6) is 0 Å². The second-order valence-electron chi connectivity index (χ2n) is 3.71. The molecule has 0 rings (SSSR count). The van der Waals surface area contributed by atoms with Crippen LogP contribution in [0, 0.1) is 0 Å². The monoisotopic (exact) mass is 318 g/mol. The van der Waals surface area contributed by atoms with Gasteiger partial charge in [-0.05, 0) is 20.3 Å². The largest absolute Gasteiger partial charge is 0.392 e. The summed E-state index contributed by atoms with van der Waals surface area (Å²) in [4.78, 5) is 0. The molecule has 0 aromatic carbocycles. The zero-order chi connectivity index (χ0) is 14.9. The van der Waals surface area contributed by atoms with E-state index >= 15 is 0 Å². The van der Waals surface area contributed by atoms with Crippen molar-refractivity contribution >= 4 is 20.0 Å². The third kappa shape index (κ3) is 9.30. The summed E-state index contributed by atoms with van der Waals surface area (Å²) in [5.41, 5.74) is 0. The Morgan fingerprint density at radius 1 is 1.11 bits per heavy atom. The lowest BCUT2D eigenvalue weighted by Gasteiger charge is -2.16. The molecule has 116 valence electrons. The zero-order valence-electron chi connectivity index (χ0n) is 11.1. The number of ether oxygens (including phenoxy) is 1. The van der Waals surface area contributed by atoms with Gasteiger partial charge in [-0.15, -0.1) is 0 Å². The normalized spacial score (nSPS) is 14.5. The first kappa shape index (κ1) is 18.7. The fourth-order valence-electron chi connectivity index (χ4n) is 1.04. The Morgan fingerprint density at radius 3 is 2.16 bits per heavy atom. The molecular weight excluding hydrogens is 296 g/mol. The van der Waals surface area contributed by atoms with Crippen molar-refractivity contribution in [1.82, 2.24) is 9.44 Å². The molecule has 0 aliphatic heterocycles. The molecule has 0 spiro atoms. The van der Waals surface area contributed by atoms with E-state index in [9.17, 15) is 16.8 Å². The van der Waals surface area contributed by atoms with E-state index in [0.29, 0.717) is 6.42 Å². The van der Waals surface area contributed by atoms with E-state index < -0.39 is 32.9 Å². The lowest BCUT2D eigenvalue weighted by molar-refractivity contribution is 0.00589. The van der Waals surface area contributed by atoms with Gasteiger partial charge < -0.3 is 9.84 Å². The fourth-order valence-corrected chi connectivity index (χ4v) is 2.40. The number of rotatable bonds is 11. The van der Waals surface area contributed by atoms with Crippen molar-refractivity contribution in [2.45, 2.75) is 26.5 Å². The Bertz CT molecular complexity index is 434. The molecule has 8 nitrogen and oxygen atoms in total. The predicted molar refractivity (Wildman–Crippen MR) is 71.5 cm³/mol. The van der Waals surface area contributed by atoms with Gasteiger partial charge in [0.15, 0.2) is 0 Å². The maximum absolute atomic E-state index is 11.2. The molecule has 1 atom stereocenters. The molecule has 0 bridgehead atoms. The van der Waals surface area contributed by atoms with Gasteiger partial charge in [0.1, 0.15) is 6.23 Å². The first-order valence-corrected chi connectivity index (χ1v) is 9.26. The van der Waals surface area contributed by atoms with E-state index in [1.807, 2.05) is 0 Å². The maximum Gasteiger partial charge on any atom is 0.213 e.